The van der Waals surface area contributed by atoms with Gasteiger partial charge < -0.3 is 9.72 Å². The minimum absolute atomic E-state index is 0.351. The number of aromatic nitrogens is 6. The van der Waals surface area contributed by atoms with Gasteiger partial charge in [0.25, 0.3) is 0 Å². The zero-order valence-electron chi connectivity index (χ0n) is 24.4. The summed E-state index contributed by atoms with van der Waals surface area (Å²) >= 11 is 0. The number of hydrogen-bond acceptors (Lipinski definition) is 6. The SMILES string of the molecule is CC(C)Cc1cncc(-c2ccc3[nH]nc(-c4nc5nccc(-c6cc(F)cc(OCCN7CCCC7)c6)c5[nH]4)c3c2)c1. The molecule has 0 bridgehead atoms. The van der Waals surface area contributed by atoms with Gasteiger partial charge in [0.1, 0.15) is 23.9 Å². The van der Waals surface area contributed by atoms with Crippen LogP contribution in [0, 0.1) is 11.7 Å². The predicted molar refractivity (Wildman–Crippen MR) is 167 cm³/mol. The Morgan fingerprint density at radius 2 is 1.86 bits per heavy atom. The van der Waals surface area contributed by atoms with Crippen LogP contribution in [0.15, 0.2) is 67.1 Å². The summed E-state index contributed by atoms with van der Waals surface area (Å²) in [5.74, 6) is 1.30. The first-order valence-electron chi connectivity index (χ1n) is 14.9. The van der Waals surface area contributed by atoms with Crippen LogP contribution in [0.5, 0.6) is 5.75 Å². The minimum atomic E-state index is -0.351. The third-order valence-corrected chi connectivity index (χ3v) is 8.01. The maximum Gasteiger partial charge on any atom is 0.178 e. The number of aromatic amines is 2. The van der Waals surface area contributed by atoms with Crippen LogP contribution in [0.2, 0.25) is 0 Å². The van der Waals surface area contributed by atoms with Crippen LogP contribution in [-0.2, 0) is 6.42 Å². The standard InChI is InChI=1S/C34H34FN7O/c1-21(2)13-22-14-25(20-36-19-22)23-5-6-30-29(17-23)32(41-40-30)34-38-31-28(7-8-37-33(31)39-34)24-15-26(35)18-27(16-24)43-12-11-42-9-3-4-10-42/h5-8,14-21H,3-4,9-13H2,1-2H3,(H,40,41)(H,37,38,39). The number of imidazole rings is 1. The molecule has 1 fully saturated rings. The van der Waals surface area contributed by atoms with Gasteiger partial charge in [-0.2, -0.15) is 5.10 Å². The molecule has 5 heterocycles. The first-order valence-corrected chi connectivity index (χ1v) is 14.9. The van der Waals surface area contributed by atoms with Crippen LogP contribution < -0.4 is 4.74 Å². The number of fused-ring (bicyclic) bond motifs is 2. The fourth-order valence-electron chi connectivity index (χ4n) is 5.97. The Morgan fingerprint density at radius 3 is 2.72 bits per heavy atom. The highest BCUT2D eigenvalue weighted by atomic mass is 19.1. The second kappa shape index (κ2) is 11.6. The molecule has 1 aliphatic rings. The van der Waals surface area contributed by atoms with Crippen molar-refractivity contribution >= 4 is 22.1 Å². The van der Waals surface area contributed by atoms with Gasteiger partial charge in [-0.15, -0.1) is 0 Å². The molecule has 2 aromatic carbocycles. The molecule has 6 aromatic rings. The molecule has 0 saturated carbocycles. The smallest absolute Gasteiger partial charge is 0.178 e. The van der Waals surface area contributed by atoms with E-state index in [0.29, 0.717) is 46.5 Å². The number of rotatable bonds is 9. The zero-order valence-corrected chi connectivity index (χ0v) is 24.4. The molecule has 43 heavy (non-hydrogen) atoms. The fraction of sp³-hybridized carbons (Fsp3) is 0.294. The van der Waals surface area contributed by atoms with E-state index in [1.165, 1.54) is 30.5 Å². The molecule has 218 valence electrons. The van der Waals surface area contributed by atoms with E-state index in [-0.39, 0.29) is 5.82 Å². The minimum Gasteiger partial charge on any atom is -0.492 e. The van der Waals surface area contributed by atoms with E-state index >= 15 is 0 Å². The molecule has 2 N–H and O–H groups in total. The summed E-state index contributed by atoms with van der Waals surface area (Å²) in [6, 6.07) is 15.1. The van der Waals surface area contributed by atoms with Crippen LogP contribution in [0.4, 0.5) is 4.39 Å². The molecule has 4 aromatic heterocycles. The highest BCUT2D eigenvalue weighted by Gasteiger charge is 2.18. The van der Waals surface area contributed by atoms with Crippen molar-refractivity contribution in [2.24, 2.45) is 5.92 Å². The lowest BCUT2D eigenvalue weighted by Crippen LogP contribution is -2.25. The van der Waals surface area contributed by atoms with Crippen LogP contribution in [0.25, 0.3) is 55.8 Å². The van der Waals surface area contributed by atoms with E-state index < -0.39 is 0 Å². The van der Waals surface area contributed by atoms with E-state index in [1.807, 2.05) is 30.6 Å². The molecule has 0 atom stereocenters. The van der Waals surface area contributed by atoms with Gasteiger partial charge in [-0.25, -0.2) is 14.4 Å². The summed E-state index contributed by atoms with van der Waals surface area (Å²) in [5.41, 5.74) is 7.66. The van der Waals surface area contributed by atoms with Gasteiger partial charge >= 0.3 is 0 Å². The van der Waals surface area contributed by atoms with Crippen molar-refractivity contribution in [1.29, 1.82) is 0 Å². The monoisotopic (exact) mass is 575 g/mol. The molecule has 7 rings (SSSR count). The molecule has 1 aliphatic heterocycles. The Kier molecular flexibility index (Phi) is 7.32. The number of nitrogens with one attached hydrogen (secondary N) is 2. The number of hydrogen-bond donors (Lipinski definition) is 2. The molecular formula is C34H34FN7O. The summed E-state index contributed by atoms with van der Waals surface area (Å²) in [4.78, 5) is 19.6. The lowest BCUT2D eigenvalue weighted by molar-refractivity contribution is 0.237. The first kappa shape index (κ1) is 27.2. The van der Waals surface area contributed by atoms with Crippen molar-refractivity contribution in [1.82, 2.24) is 35.0 Å². The van der Waals surface area contributed by atoms with Crippen LogP contribution in [-0.4, -0.2) is 61.3 Å². The lowest BCUT2D eigenvalue weighted by atomic mass is 9.99. The summed E-state index contributed by atoms with van der Waals surface area (Å²) in [6.45, 7) is 7.99. The molecule has 0 radical (unpaired) electrons. The summed E-state index contributed by atoms with van der Waals surface area (Å²) < 4.78 is 20.7. The van der Waals surface area contributed by atoms with E-state index in [9.17, 15) is 4.39 Å². The molecule has 9 heteroatoms. The van der Waals surface area contributed by atoms with Gasteiger partial charge in [0.05, 0.1) is 11.0 Å². The van der Waals surface area contributed by atoms with E-state index in [1.54, 1.807) is 6.20 Å². The Bertz CT molecular complexity index is 1900. The zero-order chi connectivity index (χ0) is 29.3. The second-order valence-corrected chi connectivity index (χ2v) is 11.7. The quantitative estimate of drug-likeness (QED) is 0.192. The summed E-state index contributed by atoms with van der Waals surface area (Å²) in [6.07, 6.45) is 8.96. The fourth-order valence-corrected chi connectivity index (χ4v) is 5.97. The van der Waals surface area contributed by atoms with Crippen molar-refractivity contribution in [2.45, 2.75) is 33.1 Å². The highest BCUT2D eigenvalue weighted by molar-refractivity contribution is 5.97. The summed E-state index contributed by atoms with van der Waals surface area (Å²) in [7, 11) is 0. The average molecular weight is 576 g/mol. The van der Waals surface area contributed by atoms with E-state index in [4.69, 9.17) is 9.72 Å². The molecule has 1 saturated heterocycles. The number of benzene rings is 2. The molecule has 0 amide bonds. The normalized spacial score (nSPS) is 14.0. The molecule has 0 unspecified atom stereocenters. The third kappa shape index (κ3) is 5.72. The van der Waals surface area contributed by atoms with Gasteiger partial charge in [-0.3, -0.25) is 15.0 Å². The Balaban J connectivity index is 1.21. The Hall–Kier alpha value is -4.63. The van der Waals surface area contributed by atoms with E-state index in [2.05, 4.69) is 62.1 Å². The van der Waals surface area contributed by atoms with Gasteiger partial charge in [-0.1, -0.05) is 19.9 Å². The maximum absolute atomic E-state index is 14.8. The van der Waals surface area contributed by atoms with Gasteiger partial charge in [-0.05, 0) is 91.4 Å². The number of H-pyrrole nitrogens is 2. The van der Waals surface area contributed by atoms with Crippen LogP contribution in [0.3, 0.4) is 0 Å². The predicted octanol–water partition coefficient (Wildman–Crippen LogP) is 7.04. The Labute approximate surface area is 249 Å². The van der Waals surface area contributed by atoms with Crippen LogP contribution in [0.1, 0.15) is 32.3 Å². The van der Waals surface area contributed by atoms with Crippen molar-refractivity contribution in [3.63, 3.8) is 0 Å². The molecule has 8 nitrogen and oxygen atoms in total. The number of halogens is 1. The van der Waals surface area contributed by atoms with Crippen molar-refractivity contribution in [2.75, 3.05) is 26.2 Å². The second-order valence-electron chi connectivity index (χ2n) is 11.7. The Morgan fingerprint density at radius 1 is 0.977 bits per heavy atom. The van der Waals surface area contributed by atoms with Crippen molar-refractivity contribution < 1.29 is 9.13 Å². The number of likely N-dealkylation sites (tertiary alicyclic amines) is 1. The number of pyridine rings is 2. The first-order chi connectivity index (χ1) is 21.0. The summed E-state index contributed by atoms with van der Waals surface area (Å²) in [5, 5.41) is 8.67. The average Bonchev–Trinajstić information content (AvgIpc) is 3.76. The molecular weight excluding hydrogens is 541 g/mol. The van der Waals surface area contributed by atoms with Crippen molar-refractivity contribution in [3.8, 4) is 39.5 Å². The van der Waals surface area contributed by atoms with E-state index in [0.717, 1.165) is 53.6 Å². The third-order valence-electron chi connectivity index (χ3n) is 8.01. The lowest BCUT2D eigenvalue weighted by Gasteiger charge is -2.15. The van der Waals surface area contributed by atoms with Crippen LogP contribution >= 0.6 is 0 Å². The molecule has 0 spiro atoms. The largest absolute Gasteiger partial charge is 0.492 e. The number of ether oxygens (including phenoxy) is 1. The van der Waals surface area contributed by atoms with Gasteiger partial charge in [0.15, 0.2) is 11.5 Å². The topological polar surface area (TPSA) is 95.6 Å². The maximum atomic E-state index is 14.8. The van der Waals surface area contributed by atoms with Crippen molar-refractivity contribution in [3.05, 3.63) is 78.5 Å². The van der Waals surface area contributed by atoms with Gasteiger partial charge in [0.2, 0.25) is 0 Å². The highest BCUT2D eigenvalue weighted by Crippen LogP contribution is 2.34. The number of nitrogens with zero attached hydrogens (tertiary/aromatic N) is 5. The molecule has 0 aliphatic carbocycles. The van der Waals surface area contributed by atoms with Gasteiger partial charge in [0, 0.05) is 47.7 Å².